The maximum absolute atomic E-state index is 14.0. The van der Waals surface area contributed by atoms with Crippen LogP contribution in [0.2, 0.25) is 0 Å². The number of nitrogens with two attached hydrogens (primary N) is 1. The van der Waals surface area contributed by atoms with E-state index >= 15 is 0 Å². The number of anilines is 1. The van der Waals surface area contributed by atoms with Crippen molar-refractivity contribution in [1.82, 2.24) is 19.5 Å². The number of nitrogens with one attached hydrogen (secondary N) is 1. The third-order valence-corrected chi connectivity index (χ3v) is 3.32. The number of hydrogen-bond donors (Lipinski definition) is 4. The molecule has 3 heterocycles. The van der Waals surface area contributed by atoms with Crippen molar-refractivity contribution in [3.63, 3.8) is 0 Å². The highest BCUT2D eigenvalue weighted by Gasteiger charge is 2.51. The van der Waals surface area contributed by atoms with Crippen molar-refractivity contribution in [3.8, 4) is 0 Å². The van der Waals surface area contributed by atoms with E-state index in [1.807, 2.05) is 0 Å². The van der Waals surface area contributed by atoms with E-state index in [4.69, 9.17) is 15.6 Å². The minimum Gasteiger partial charge on any atom is -0.390 e. The summed E-state index contributed by atoms with van der Waals surface area (Å²) in [6.45, 7) is -1.18. The first-order valence-electron chi connectivity index (χ1n) is 5.80. The maximum atomic E-state index is 14.0. The van der Waals surface area contributed by atoms with Gasteiger partial charge in [-0.1, -0.05) is 0 Å². The van der Waals surface area contributed by atoms with Gasteiger partial charge in [-0.25, -0.2) is 9.37 Å². The number of nitrogens with zero attached hydrogens (tertiary/aromatic N) is 3. The van der Waals surface area contributed by atoms with E-state index in [0.717, 1.165) is 0 Å². The number of H-pyrrole nitrogens is 1. The highest BCUT2D eigenvalue weighted by Crippen LogP contribution is 2.35. The van der Waals surface area contributed by atoms with Gasteiger partial charge in [0.25, 0.3) is 11.4 Å². The van der Waals surface area contributed by atoms with Crippen molar-refractivity contribution in [1.29, 1.82) is 0 Å². The second kappa shape index (κ2) is 4.23. The molecule has 3 atom stereocenters. The molecule has 0 saturated carbocycles. The number of aromatic nitrogens is 4. The van der Waals surface area contributed by atoms with Crippen LogP contribution in [0.15, 0.2) is 11.1 Å². The number of ether oxygens (including phenoxy) is 1. The first-order valence-corrected chi connectivity index (χ1v) is 5.80. The molecule has 0 spiro atoms. The Balaban J connectivity index is 2.10. The van der Waals surface area contributed by atoms with E-state index in [0.29, 0.717) is 0 Å². The molecule has 2 aromatic rings. The van der Waals surface area contributed by atoms with Gasteiger partial charge in [-0.05, 0) is 0 Å². The molecule has 9 nitrogen and oxygen atoms in total. The van der Waals surface area contributed by atoms with Crippen molar-refractivity contribution in [2.75, 3.05) is 18.9 Å². The fraction of sp³-hybridized carbons (Fsp3) is 0.500. The lowest BCUT2D eigenvalue weighted by Gasteiger charge is -2.22. The summed E-state index contributed by atoms with van der Waals surface area (Å²) >= 11 is 0. The Bertz CT molecular complexity index is 715. The number of aliphatic hydroxyl groups is 2. The van der Waals surface area contributed by atoms with E-state index in [2.05, 4.69) is 15.0 Å². The fourth-order valence-electron chi connectivity index (χ4n) is 2.25. The number of imidazole rings is 1. The van der Waals surface area contributed by atoms with Gasteiger partial charge >= 0.3 is 0 Å². The quantitative estimate of drug-likeness (QED) is 0.515. The number of fused-ring (bicyclic) bond motifs is 1. The lowest BCUT2D eigenvalue weighted by Crippen LogP contribution is -2.41. The molecule has 0 aromatic carbocycles. The predicted molar refractivity (Wildman–Crippen MR) is 64.5 cm³/mol. The first-order chi connectivity index (χ1) is 9.46. The first kappa shape index (κ1) is 13.0. The minimum absolute atomic E-state index is 0.0201. The van der Waals surface area contributed by atoms with Gasteiger partial charge in [-0.15, -0.1) is 0 Å². The van der Waals surface area contributed by atoms with Crippen LogP contribution in [-0.4, -0.2) is 54.9 Å². The molecule has 0 radical (unpaired) electrons. The second-order valence-corrected chi connectivity index (χ2v) is 4.54. The van der Waals surface area contributed by atoms with Gasteiger partial charge in [0.1, 0.15) is 12.7 Å². The minimum atomic E-state index is -2.55. The number of aliphatic hydroxyl groups excluding tert-OH is 2. The molecule has 2 aromatic heterocycles. The van der Waals surface area contributed by atoms with Crippen LogP contribution in [-0.2, 0) is 4.74 Å². The molecule has 0 bridgehead atoms. The molecule has 1 aliphatic heterocycles. The van der Waals surface area contributed by atoms with Crippen LogP contribution in [0.1, 0.15) is 6.04 Å². The third-order valence-electron chi connectivity index (χ3n) is 3.32. The molecule has 0 aliphatic carbocycles. The van der Waals surface area contributed by atoms with Crippen molar-refractivity contribution in [2.24, 2.45) is 0 Å². The average molecular weight is 285 g/mol. The van der Waals surface area contributed by atoms with Crippen molar-refractivity contribution in [3.05, 3.63) is 16.7 Å². The molecule has 3 rings (SSSR count). The SMILES string of the molecule is Nc1nc2c(ncn2[C@H]2CO[C@](F)(CO)[C@H]2O)c(=O)[nH]1. The monoisotopic (exact) mass is 285 g/mol. The van der Waals surface area contributed by atoms with Gasteiger partial charge in [0, 0.05) is 0 Å². The lowest BCUT2D eigenvalue weighted by molar-refractivity contribution is -0.180. The second-order valence-electron chi connectivity index (χ2n) is 4.54. The van der Waals surface area contributed by atoms with Crippen LogP contribution >= 0.6 is 0 Å². The zero-order valence-electron chi connectivity index (χ0n) is 10.2. The van der Waals surface area contributed by atoms with E-state index in [-0.39, 0.29) is 23.7 Å². The topological polar surface area (TPSA) is 139 Å². The van der Waals surface area contributed by atoms with Gasteiger partial charge in [0.05, 0.1) is 19.0 Å². The average Bonchev–Trinajstić information content (AvgIpc) is 2.93. The van der Waals surface area contributed by atoms with Gasteiger partial charge in [0.2, 0.25) is 5.95 Å². The molecule has 5 N–H and O–H groups in total. The van der Waals surface area contributed by atoms with Gasteiger partial charge in [-0.3, -0.25) is 9.78 Å². The molecule has 108 valence electrons. The summed E-state index contributed by atoms with van der Waals surface area (Å²) in [6, 6.07) is -0.870. The number of alkyl halides is 1. The molecule has 1 saturated heterocycles. The normalized spacial score (nSPS) is 30.1. The summed E-state index contributed by atoms with van der Waals surface area (Å²) < 4.78 is 20.1. The Morgan fingerprint density at radius 2 is 2.45 bits per heavy atom. The zero-order valence-corrected chi connectivity index (χ0v) is 10.2. The summed E-state index contributed by atoms with van der Waals surface area (Å²) in [5.74, 6) is -2.67. The van der Waals surface area contributed by atoms with Crippen LogP contribution in [0.4, 0.5) is 10.3 Å². The van der Waals surface area contributed by atoms with Crippen LogP contribution in [0, 0.1) is 0 Å². The van der Waals surface area contributed by atoms with E-state index in [1.54, 1.807) is 0 Å². The number of aromatic amines is 1. The Morgan fingerprint density at radius 3 is 3.10 bits per heavy atom. The standard InChI is InChI=1S/C10H12FN5O4/c11-10(2-17)6(18)4(1-20-10)16-3-13-5-7(16)14-9(12)15-8(5)19/h3-4,6,17-18H,1-2H2,(H3,12,14,15,19)/t4-,6-,10+/m0/s1. The van der Waals surface area contributed by atoms with E-state index in [9.17, 15) is 14.3 Å². The summed E-state index contributed by atoms with van der Waals surface area (Å²) in [5.41, 5.74) is 5.05. The maximum Gasteiger partial charge on any atom is 0.280 e. The molecule has 1 fully saturated rings. The number of rotatable bonds is 2. The summed E-state index contributed by atoms with van der Waals surface area (Å²) in [5, 5.41) is 18.9. The summed E-state index contributed by atoms with van der Waals surface area (Å²) in [4.78, 5) is 21.7. The van der Waals surface area contributed by atoms with Gasteiger partial charge in [-0.2, -0.15) is 4.98 Å². The van der Waals surface area contributed by atoms with E-state index < -0.39 is 30.2 Å². The molecular formula is C10H12FN5O4. The van der Waals surface area contributed by atoms with Gasteiger partial charge in [0.15, 0.2) is 11.2 Å². The van der Waals surface area contributed by atoms with Crippen LogP contribution in [0.25, 0.3) is 11.2 Å². The number of hydrogen-bond acceptors (Lipinski definition) is 7. The smallest absolute Gasteiger partial charge is 0.280 e. The highest BCUT2D eigenvalue weighted by molar-refractivity contribution is 5.70. The fourth-order valence-corrected chi connectivity index (χ4v) is 2.25. The number of nitrogen functional groups attached to an aromatic ring is 1. The molecular weight excluding hydrogens is 273 g/mol. The van der Waals surface area contributed by atoms with Crippen molar-refractivity contribution < 1.29 is 19.3 Å². The Morgan fingerprint density at radius 1 is 1.70 bits per heavy atom. The predicted octanol–water partition coefficient (Wildman–Crippen LogP) is -1.71. The highest BCUT2D eigenvalue weighted by atomic mass is 19.2. The number of halogens is 1. The largest absolute Gasteiger partial charge is 0.390 e. The van der Waals surface area contributed by atoms with Gasteiger partial charge < -0.3 is 25.3 Å². The third kappa shape index (κ3) is 1.69. The van der Waals surface area contributed by atoms with Crippen LogP contribution in [0.5, 0.6) is 0 Å². The molecule has 0 unspecified atom stereocenters. The Hall–Kier alpha value is -2.04. The molecule has 20 heavy (non-hydrogen) atoms. The van der Waals surface area contributed by atoms with Crippen molar-refractivity contribution in [2.45, 2.75) is 18.0 Å². The Labute approximate surface area is 110 Å². The van der Waals surface area contributed by atoms with E-state index in [1.165, 1.54) is 10.9 Å². The molecule has 0 amide bonds. The summed E-state index contributed by atoms with van der Waals surface area (Å²) in [7, 11) is 0. The zero-order chi connectivity index (χ0) is 14.5. The molecule has 1 aliphatic rings. The lowest BCUT2D eigenvalue weighted by atomic mass is 10.1. The molecule has 10 heteroatoms. The van der Waals surface area contributed by atoms with Crippen LogP contribution < -0.4 is 11.3 Å². The van der Waals surface area contributed by atoms with Crippen LogP contribution in [0.3, 0.4) is 0 Å². The van der Waals surface area contributed by atoms with Crippen molar-refractivity contribution >= 4 is 17.1 Å². The summed E-state index contributed by atoms with van der Waals surface area (Å²) in [6.07, 6.45) is -0.376. The Kier molecular flexibility index (Phi) is 2.74.